The largest absolute Gasteiger partial charge is 0.465 e. The highest BCUT2D eigenvalue weighted by Crippen LogP contribution is 2.22. The Morgan fingerprint density at radius 1 is 1.17 bits per heavy atom. The van der Waals surface area contributed by atoms with Crippen LogP contribution in [0.25, 0.3) is 22.4 Å². The van der Waals surface area contributed by atoms with Crippen LogP contribution in [0.2, 0.25) is 0 Å². The molecule has 0 aliphatic rings. The number of esters is 1. The summed E-state index contributed by atoms with van der Waals surface area (Å²) in [7, 11) is 1.33. The summed E-state index contributed by atoms with van der Waals surface area (Å²) in [5, 5.41) is 6.90. The zero-order valence-corrected chi connectivity index (χ0v) is 13.0. The van der Waals surface area contributed by atoms with Gasteiger partial charge in [0.05, 0.1) is 18.4 Å². The number of hydrogen-bond acceptors (Lipinski definition) is 5. The highest BCUT2D eigenvalue weighted by Gasteiger charge is 2.15. The molecule has 2 N–H and O–H groups in total. The quantitative estimate of drug-likeness (QED) is 0.722. The van der Waals surface area contributed by atoms with E-state index in [0.717, 1.165) is 5.69 Å². The molecule has 0 fully saturated rings. The number of rotatable bonds is 3. The molecule has 7 heteroatoms. The minimum atomic E-state index is -0.412. The molecule has 23 heavy (non-hydrogen) atoms. The van der Waals surface area contributed by atoms with Crippen LogP contribution in [0.1, 0.15) is 35.8 Å². The van der Waals surface area contributed by atoms with Crippen molar-refractivity contribution < 1.29 is 9.53 Å². The molecule has 118 valence electrons. The molecule has 0 spiro atoms. The standard InChI is InChI=1S/C16H16N4O3/c1-8(2)11-12-13(20-19-11)15(21)18-14(17-12)9-4-6-10(7-5-9)16(22)23-3/h4-8H,1-3H3,(H,19,20)(H,17,18,21). The molecule has 3 rings (SSSR count). The fraction of sp³-hybridized carbons (Fsp3) is 0.250. The Labute approximate surface area is 131 Å². The van der Waals surface area contributed by atoms with Crippen molar-refractivity contribution in [2.75, 3.05) is 7.11 Å². The molecule has 0 saturated heterocycles. The van der Waals surface area contributed by atoms with Crippen LogP contribution < -0.4 is 5.56 Å². The predicted octanol–water partition coefficient (Wildman–Crippen LogP) is 2.22. The second-order valence-corrected chi connectivity index (χ2v) is 5.47. The Morgan fingerprint density at radius 3 is 2.48 bits per heavy atom. The Hall–Kier alpha value is -2.96. The number of aromatic amines is 2. The number of aromatic nitrogens is 4. The monoisotopic (exact) mass is 312 g/mol. The number of ether oxygens (including phenoxy) is 1. The van der Waals surface area contributed by atoms with E-state index in [1.807, 2.05) is 13.8 Å². The third-order valence-corrected chi connectivity index (χ3v) is 3.59. The molecular weight excluding hydrogens is 296 g/mol. The summed E-state index contributed by atoms with van der Waals surface area (Å²) < 4.78 is 4.67. The summed E-state index contributed by atoms with van der Waals surface area (Å²) in [6.45, 7) is 4.00. The van der Waals surface area contributed by atoms with Crippen LogP contribution in [0, 0.1) is 0 Å². The van der Waals surface area contributed by atoms with Crippen LogP contribution in [-0.4, -0.2) is 33.2 Å². The number of benzene rings is 1. The van der Waals surface area contributed by atoms with Crippen LogP contribution in [0.15, 0.2) is 29.1 Å². The zero-order valence-electron chi connectivity index (χ0n) is 13.0. The molecule has 3 aromatic rings. The number of carbonyl (C=O) groups is 1. The third-order valence-electron chi connectivity index (χ3n) is 3.59. The molecule has 0 aliphatic heterocycles. The molecule has 2 heterocycles. The minimum absolute atomic E-state index is 0.170. The van der Waals surface area contributed by atoms with Crippen LogP contribution in [-0.2, 0) is 4.74 Å². The fourth-order valence-corrected chi connectivity index (χ4v) is 2.35. The van der Waals surface area contributed by atoms with Gasteiger partial charge in [-0.2, -0.15) is 5.10 Å². The van der Waals surface area contributed by atoms with Gasteiger partial charge < -0.3 is 9.72 Å². The van der Waals surface area contributed by atoms with Crippen molar-refractivity contribution in [2.24, 2.45) is 0 Å². The van der Waals surface area contributed by atoms with Gasteiger partial charge in [-0.3, -0.25) is 9.89 Å². The Bertz CT molecular complexity index is 923. The summed E-state index contributed by atoms with van der Waals surface area (Å²) in [5.41, 5.74) is 2.52. The lowest BCUT2D eigenvalue weighted by atomic mass is 10.1. The highest BCUT2D eigenvalue weighted by molar-refractivity contribution is 5.89. The van der Waals surface area contributed by atoms with E-state index in [-0.39, 0.29) is 11.5 Å². The van der Waals surface area contributed by atoms with Crippen molar-refractivity contribution in [3.63, 3.8) is 0 Å². The maximum Gasteiger partial charge on any atom is 0.337 e. The lowest BCUT2D eigenvalue weighted by Crippen LogP contribution is -2.10. The van der Waals surface area contributed by atoms with E-state index in [1.165, 1.54) is 7.11 Å². The first kappa shape index (κ1) is 15.0. The Balaban J connectivity index is 2.11. The summed E-state index contributed by atoms with van der Waals surface area (Å²) in [6, 6.07) is 6.69. The number of carbonyl (C=O) groups excluding carboxylic acids is 1. The number of fused-ring (bicyclic) bond motifs is 1. The number of nitrogens with zero attached hydrogens (tertiary/aromatic N) is 2. The molecule has 1 aromatic carbocycles. The van der Waals surface area contributed by atoms with Gasteiger partial charge in [0.1, 0.15) is 11.3 Å². The second-order valence-electron chi connectivity index (χ2n) is 5.47. The first-order chi connectivity index (χ1) is 11.0. The van der Waals surface area contributed by atoms with E-state index in [9.17, 15) is 9.59 Å². The van der Waals surface area contributed by atoms with Gasteiger partial charge in [-0.1, -0.05) is 26.0 Å². The molecule has 0 aliphatic carbocycles. The Kier molecular flexibility index (Phi) is 3.69. The maximum atomic E-state index is 12.2. The van der Waals surface area contributed by atoms with E-state index in [0.29, 0.717) is 28.0 Å². The van der Waals surface area contributed by atoms with Crippen molar-refractivity contribution in [3.8, 4) is 11.4 Å². The van der Waals surface area contributed by atoms with E-state index < -0.39 is 5.97 Å². The number of hydrogen-bond donors (Lipinski definition) is 2. The molecule has 0 bridgehead atoms. The van der Waals surface area contributed by atoms with E-state index >= 15 is 0 Å². The van der Waals surface area contributed by atoms with Crippen molar-refractivity contribution in [1.82, 2.24) is 20.2 Å². The summed E-state index contributed by atoms with van der Waals surface area (Å²) in [5.74, 6) is 0.191. The lowest BCUT2D eigenvalue weighted by Gasteiger charge is -2.04. The first-order valence-electron chi connectivity index (χ1n) is 7.18. The SMILES string of the molecule is COC(=O)c1ccc(-c2nc3c(C(C)C)[nH]nc3c(=O)[nH]2)cc1. The highest BCUT2D eigenvalue weighted by atomic mass is 16.5. The zero-order chi connectivity index (χ0) is 16.6. The van der Waals surface area contributed by atoms with Crippen LogP contribution >= 0.6 is 0 Å². The van der Waals surface area contributed by atoms with E-state index in [4.69, 9.17) is 0 Å². The van der Waals surface area contributed by atoms with E-state index in [2.05, 4.69) is 24.9 Å². The molecule has 0 radical (unpaired) electrons. The van der Waals surface area contributed by atoms with Crippen molar-refractivity contribution in [2.45, 2.75) is 19.8 Å². The van der Waals surface area contributed by atoms with Gasteiger partial charge in [0.15, 0.2) is 5.52 Å². The van der Waals surface area contributed by atoms with Crippen molar-refractivity contribution in [1.29, 1.82) is 0 Å². The maximum absolute atomic E-state index is 12.2. The second kappa shape index (κ2) is 5.68. The molecule has 0 unspecified atom stereocenters. The van der Waals surface area contributed by atoms with Crippen LogP contribution in [0.3, 0.4) is 0 Å². The van der Waals surface area contributed by atoms with Gasteiger partial charge in [-0.25, -0.2) is 9.78 Å². The molecule has 0 saturated carbocycles. The molecule has 0 amide bonds. The van der Waals surface area contributed by atoms with E-state index in [1.54, 1.807) is 24.3 Å². The number of methoxy groups -OCH3 is 1. The Morgan fingerprint density at radius 2 is 1.87 bits per heavy atom. The fourth-order valence-electron chi connectivity index (χ4n) is 2.35. The molecule has 0 atom stereocenters. The van der Waals surface area contributed by atoms with Gasteiger partial charge in [0, 0.05) is 5.56 Å². The normalized spacial score (nSPS) is 11.1. The average molecular weight is 312 g/mol. The summed E-state index contributed by atoms with van der Waals surface area (Å²) >= 11 is 0. The predicted molar refractivity (Wildman–Crippen MR) is 85.4 cm³/mol. The van der Waals surface area contributed by atoms with Gasteiger partial charge in [-0.15, -0.1) is 0 Å². The van der Waals surface area contributed by atoms with Gasteiger partial charge in [0.25, 0.3) is 5.56 Å². The number of H-pyrrole nitrogens is 2. The van der Waals surface area contributed by atoms with Crippen LogP contribution in [0.4, 0.5) is 0 Å². The molecular formula is C16H16N4O3. The summed E-state index contributed by atoms with van der Waals surface area (Å²) in [6.07, 6.45) is 0. The lowest BCUT2D eigenvalue weighted by molar-refractivity contribution is 0.0601. The average Bonchev–Trinajstić information content (AvgIpc) is 2.99. The van der Waals surface area contributed by atoms with Gasteiger partial charge in [0.2, 0.25) is 0 Å². The topological polar surface area (TPSA) is 101 Å². The minimum Gasteiger partial charge on any atom is -0.465 e. The third kappa shape index (κ3) is 2.61. The van der Waals surface area contributed by atoms with Crippen LogP contribution in [0.5, 0.6) is 0 Å². The summed E-state index contributed by atoms with van der Waals surface area (Å²) in [4.78, 5) is 30.9. The molecule has 2 aromatic heterocycles. The smallest absolute Gasteiger partial charge is 0.337 e. The van der Waals surface area contributed by atoms with Gasteiger partial charge in [-0.05, 0) is 18.1 Å². The first-order valence-corrected chi connectivity index (χ1v) is 7.18. The van der Waals surface area contributed by atoms with Crippen molar-refractivity contribution >= 4 is 17.0 Å². The molecule has 7 nitrogen and oxygen atoms in total. The van der Waals surface area contributed by atoms with Gasteiger partial charge >= 0.3 is 5.97 Å². The van der Waals surface area contributed by atoms with Crippen molar-refractivity contribution in [3.05, 3.63) is 45.9 Å². The number of nitrogens with one attached hydrogen (secondary N) is 2.